The van der Waals surface area contributed by atoms with Crippen LogP contribution in [-0.4, -0.2) is 36.1 Å². The third-order valence-corrected chi connectivity index (χ3v) is 3.67. The summed E-state index contributed by atoms with van der Waals surface area (Å²) < 4.78 is 5.16. The van der Waals surface area contributed by atoms with E-state index in [4.69, 9.17) is 0 Å². The number of hydrogen-bond acceptors (Lipinski definition) is 4. The lowest BCUT2D eigenvalue weighted by molar-refractivity contribution is -0.117. The maximum absolute atomic E-state index is 10.5. The predicted molar refractivity (Wildman–Crippen MR) is 91.4 cm³/mol. The molecule has 6 nitrogen and oxygen atoms in total. The summed E-state index contributed by atoms with van der Waals surface area (Å²) in [6, 6.07) is 0. The molecular formula is C14H20Br2N4O2. The van der Waals surface area contributed by atoms with Crippen LogP contribution in [0.4, 0.5) is 0 Å². The molecular weight excluding hydrogens is 416 g/mol. The Morgan fingerprint density at radius 3 is 2.09 bits per heavy atom. The molecule has 2 aromatic rings. The van der Waals surface area contributed by atoms with Crippen molar-refractivity contribution in [1.82, 2.24) is 19.6 Å². The van der Waals surface area contributed by atoms with Crippen molar-refractivity contribution in [3.63, 3.8) is 0 Å². The normalized spacial score (nSPS) is 13.2. The van der Waals surface area contributed by atoms with Crippen LogP contribution in [0.25, 0.3) is 0 Å². The minimum atomic E-state index is -0.661. The van der Waals surface area contributed by atoms with Crippen LogP contribution < -0.4 is 0 Å². The summed E-state index contributed by atoms with van der Waals surface area (Å²) in [6.45, 7) is 6.19. The summed E-state index contributed by atoms with van der Waals surface area (Å²) in [5.74, 6) is 0.107. The summed E-state index contributed by atoms with van der Waals surface area (Å²) >= 11 is 6.52. The van der Waals surface area contributed by atoms with Crippen LogP contribution in [0.3, 0.4) is 0 Å². The zero-order valence-electron chi connectivity index (χ0n) is 12.8. The fourth-order valence-electron chi connectivity index (χ4n) is 1.54. The molecule has 22 heavy (non-hydrogen) atoms. The van der Waals surface area contributed by atoms with Crippen LogP contribution in [-0.2, 0) is 17.9 Å². The third kappa shape index (κ3) is 7.33. The minimum Gasteiger partial charge on any atom is -0.388 e. The maximum Gasteiger partial charge on any atom is 0.151 e. The summed E-state index contributed by atoms with van der Waals surface area (Å²) in [5.41, 5.74) is -0.661. The highest BCUT2D eigenvalue weighted by atomic mass is 79.9. The SMILES string of the molecule is CC(=O)Cn1cc(Br)cn1.CCC(C)(O)Cn1cc(Br)cn1. The molecule has 0 radical (unpaired) electrons. The van der Waals surface area contributed by atoms with Gasteiger partial charge in [0.25, 0.3) is 0 Å². The summed E-state index contributed by atoms with van der Waals surface area (Å²) in [6.07, 6.45) is 7.71. The minimum absolute atomic E-state index is 0.107. The molecule has 0 aliphatic rings. The van der Waals surface area contributed by atoms with E-state index >= 15 is 0 Å². The van der Waals surface area contributed by atoms with Crippen LogP contribution in [0.15, 0.2) is 33.7 Å². The number of carbonyl (C=O) groups excluding carboxylic acids is 1. The van der Waals surface area contributed by atoms with E-state index in [0.29, 0.717) is 13.1 Å². The molecule has 1 N–H and O–H groups in total. The number of ketones is 1. The maximum atomic E-state index is 10.5. The smallest absolute Gasteiger partial charge is 0.151 e. The van der Waals surface area contributed by atoms with Crippen LogP contribution in [0.1, 0.15) is 27.2 Å². The molecule has 0 saturated carbocycles. The number of Topliss-reactive ketones (excluding diaryl/α,β-unsaturated/α-hetero) is 1. The van der Waals surface area contributed by atoms with Gasteiger partial charge >= 0.3 is 0 Å². The molecule has 2 rings (SSSR count). The fraction of sp³-hybridized carbons (Fsp3) is 0.500. The molecule has 8 heteroatoms. The van der Waals surface area contributed by atoms with Gasteiger partial charge in [0.15, 0.2) is 5.78 Å². The molecule has 0 bridgehead atoms. The molecule has 2 aromatic heterocycles. The van der Waals surface area contributed by atoms with Gasteiger partial charge in [-0.2, -0.15) is 10.2 Å². The first-order valence-electron chi connectivity index (χ1n) is 6.79. The Bertz CT molecular complexity index is 608. The van der Waals surface area contributed by atoms with Gasteiger partial charge in [-0.3, -0.25) is 14.2 Å². The van der Waals surface area contributed by atoms with Crippen molar-refractivity contribution >= 4 is 37.6 Å². The number of carbonyl (C=O) groups is 1. The fourth-order valence-corrected chi connectivity index (χ4v) is 2.19. The number of aromatic nitrogens is 4. The Morgan fingerprint density at radius 1 is 1.23 bits per heavy atom. The van der Waals surface area contributed by atoms with Gasteiger partial charge in [-0.15, -0.1) is 0 Å². The highest BCUT2D eigenvalue weighted by Crippen LogP contribution is 2.13. The second-order valence-corrected chi connectivity index (χ2v) is 7.10. The predicted octanol–water partition coefficient (Wildman–Crippen LogP) is 3.04. The van der Waals surface area contributed by atoms with Gasteiger partial charge in [0.05, 0.1) is 40.0 Å². The van der Waals surface area contributed by atoms with E-state index in [-0.39, 0.29) is 5.78 Å². The molecule has 2 heterocycles. The number of halogens is 2. The van der Waals surface area contributed by atoms with E-state index in [1.54, 1.807) is 28.0 Å². The Kier molecular flexibility index (Phi) is 7.44. The number of hydrogen-bond donors (Lipinski definition) is 1. The van der Waals surface area contributed by atoms with Gasteiger partial charge in [-0.1, -0.05) is 6.92 Å². The second-order valence-electron chi connectivity index (χ2n) is 5.26. The van der Waals surface area contributed by atoms with Crippen molar-refractivity contribution < 1.29 is 9.90 Å². The molecule has 0 aliphatic heterocycles. The Hall–Kier alpha value is -0.990. The van der Waals surface area contributed by atoms with Gasteiger partial charge in [0.2, 0.25) is 0 Å². The number of aliphatic hydroxyl groups is 1. The molecule has 0 spiro atoms. The van der Waals surface area contributed by atoms with Gasteiger partial charge in [-0.05, 0) is 52.1 Å². The molecule has 0 aromatic carbocycles. The van der Waals surface area contributed by atoms with Crippen molar-refractivity contribution in [2.24, 2.45) is 0 Å². The third-order valence-electron chi connectivity index (χ3n) is 2.85. The van der Waals surface area contributed by atoms with Crippen molar-refractivity contribution in [3.8, 4) is 0 Å². The van der Waals surface area contributed by atoms with Crippen LogP contribution in [0.5, 0.6) is 0 Å². The number of rotatable bonds is 5. The van der Waals surface area contributed by atoms with E-state index in [1.165, 1.54) is 6.92 Å². The molecule has 1 atom stereocenters. The van der Waals surface area contributed by atoms with Gasteiger partial charge < -0.3 is 5.11 Å². The Labute approximate surface area is 146 Å². The van der Waals surface area contributed by atoms with Crippen molar-refractivity contribution in [2.75, 3.05) is 0 Å². The first kappa shape index (κ1) is 19.1. The zero-order valence-corrected chi connectivity index (χ0v) is 16.0. The van der Waals surface area contributed by atoms with E-state index < -0.39 is 5.60 Å². The van der Waals surface area contributed by atoms with Crippen molar-refractivity contribution in [3.05, 3.63) is 33.7 Å². The van der Waals surface area contributed by atoms with Crippen LogP contribution >= 0.6 is 31.9 Å². The molecule has 122 valence electrons. The quantitative estimate of drug-likeness (QED) is 0.783. The van der Waals surface area contributed by atoms with E-state index in [9.17, 15) is 9.90 Å². The topological polar surface area (TPSA) is 72.9 Å². The Morgan fingerprint density at radius 2 is 1.73 bits per heavy atom. The first-order valence-corrected chi connectivity index (χ1v) is 8.38. The van der Waals surface area contributed by atoms with Gasteiger partial charge in [0, 0.05) is 12.4 Å². The summed E-state index contributed by atoms with van der Waals surface area (Å²) in [4.78, 5) is 10.5. The standard InChI is InChI=1S/C8H13BrN2O.C6H7BrN2O/c1-3-8(2,12)6-11-5-7(9)4-10-11;1-5(10)3-9-4-6(7)2-8-9/h4-5,12H,3,6H2,1-2H3;2,4H,3H2,1H3. The highest BCUT2D eigenvalue weighted by Gasteiger charge is 2.18. The van der Waals surface area contributed by atoms with Crippen molar-refractivity contribution in [2.45, 2.75) is 45.9 Å². The lowest BCUT2D eigenvalue weighted by Gasteiger charge is -2.20. The van der Waals surface area contributed by atoms with E-state index in [1.807, 2.05) is 20.0 Å². The van der Waals surface area contributed by atoms with Crippen LogP contribution in [0, 0.1) is 0 Å². The summed E-state index contributed by atoms with van der Waals surface area (Å²) in [7, 11) is 0. The average Bonchev–Trinajstić information content (AvgIpc) is 2.98. The van der Waals surface area contributed by atoms with Crippen LogP contribution in [0.2, 0.25) is 0 Å². The molecule has 0 saturated heterocycles. The average molecular weight is 436 g/mol. The zero-order chi connectivity index (χ0) is 16.8. The first-order chi connectivity index (χ1) is 10.2. The largest absolute Gasteiger partial charge is 0.388 e. The van der Waals surface area contributed by atoms with Crippen molar-refractivity contribution in [1.29, 1.82) is 0 Å². The molecule has 0 amide bonds. The monoisotopic (exact) mass is 434 g/mol. The van der Waals surface area contributed by atoms with Gasteiger partial charge in [-0.25, -0.2) is 0 Å². The molecule has 0 fully saturated rings. The summed E-state index contributed by atoms with van der Waals surface area (Å²) in [5, 5.41) is 17.7. The lowest BCUT2D eigenvalue weighted by atomic mass is 10.0. The second kappa shape index (κ2) is 8.59. The van der Waals surface area contributed by atoms with E-state index in [2.05, 4.69) is 42.1 Å². The molecule has 0 aliphatic carbocycles. The number of nitrogens with zero attached hydrogens (tertiary/aromatic N) is 4. The molecule has 1 unspecified atom stereocenters. The van der Waals surface area contributed by atoms with E-state index in [0.717, 1.165) is 15.4 Å². The van der Waals surface area contributed by atoms with Gasteiger partial charge in [0.1, 0.15) is 0 Å². The lowest BCUT2D eigenvalue weighted by Crippen LogP contribution is -2.29. The Balaban J connectivity index is 0.000000224. The highest BCUT2D eigenvalue weighted by molar-refractivity contribution is 9.10.